The smallest absolute Gasteiger partial charge is 0.182 e. The maximum Gasteiger partial charge on any atom is 0.182 e. The molecule has 1 aliphatic carbocycles. The van der Waals surface area contributed by atoms with Crippen molar-refractivity contribution in [1.29, 1.82) is 0 Å². The van der Waals surface area contributed by atoms with Gasteiger partial charge in [0, 0.05) is 30.9 Å². The molecule has 0 aromatic carbocycles. The molecule has 2 aromatic rings. The predicted molar refractivity (Wildman–Crippen MR) is 81.9 cm³/mol. The van der Waals surface area contributed by atoms with Gasteiger partial charge in [0.2, 0.25) is 0 Å². The number of hydrogen-bond donors (Lipinski definition) is 0. The number of halogens is 1. The Balaban J connectivity index is 2.11. The van der Waals surface area contributed by atoms with Crippen molar-refractivity contribution in [3.8, 4) is 0 Å². The lowest BCUT2D eigenvalue weighted by molar-refractivity contribution is -0.133. The van der Waals surface area contributed by atoms with Gasteiger partial charge in [0.1, 0.15) is 11.7 Å². The third-order valence-electron chi connectivity index (χ3n) is 4.01. The summed E-state index contributed by atoms with van der Waals surface area (Å²) in [4.78, 5) is 45.0. The van der Waals surface area contributed by atoms with E-state index in [4.69, 9.17) is 4.74 Å². The van der Waals surface area contributed by atoms with Crippen LogP contribution in [0.4, 0.5) is 4.39 Å². The van der Waals surface area contributed by atoms with Gasteiger partial charge < -0.3 is 4.74 Å². The average Bonchev–Trinajstić information content (AvgIpc) is 2.54. The maximum absolute atomic E-state index is 13.4. The predicted octanol–water partition coefficient (Wildman–Crippen LogP) is 2.04. The largest absolute Gasteiger partial charge is 0.378 e. The number of aromatic nitrogens is 2. The molecule has 0 unspecified atom stereocenters. The second-order valence-electron chi connectivity index (χ2n) is 5.70. The van der Waals surface area contributed by atoms with Gasteiger partial charge in [-0.05, 0) is 18.6 Å². The molecule has 24 heavy (non-hydrogen) atoms. The molecule has 124 valence electrons. The first-order valence-electron chi connectivity index (χ1n) is 7.55. The van der Waals surface area contributed by atoms with Crippen molar-refractivity contribution in [2.24, 2.45) is 5.92 Å². The monoisotopic (exact) mass is 330 g/mol. The van der Waals surface area contributed by atoms with Crippen molar-refractivity contribution in [2.75, 3.05) is 7.11 Å². The van der Waals surface area contributed by atoms with Gasteiger partial charge in [0.05, 0.1) is 18.5 Å². The number of rotatable bonds is 4. The lowest BCUT2D eigenvalue weighted by Crippen LogP contribution is -2.35. The van der Waals surface area contributed by atoms with Crippen molar-refractivity contribution in [3.05, 3.63) is 35.4 Å². The summed E-state index contributed by atoms with van der Waals surface area (Å²) >= 11 is 0. The maximum atomic E-state index is 13.4. The number of carbonyl (C=O) groups is 3. The van der Waals surface area contributed by atoms with Gasteiger partial charge in [-0.25, -0.2) is 14.4 Å². The van der Waals surface area contributed by atoms with Crippen molar-refractivity contribution in [1.82, 2.24) is 9.97 Å². The highest BCUT2D eigenvalue weighted by atomic mass is 19.1. The Labute approximate surface area is 137 Å². The molecule has 2 aromatic heterocycles. The molecule has 1 saturated carbocycles. The zero-order valence-electron chi connectivity index (χ0n) is 13.0. The molecule has 3 rings (SSSR count). The van der Waals surface area contributed by atoms with Gasteiger partial charge in [0.15, 0.2) is 23.0 Å². The van der Waals surface area contributed by atoms with Gasteiger partial charge in [-0.1, -0.05) is 0 Å². The fraction of sp³-hybridized carbons (Fsp3) is 0.353. The fourth-order valence-corrected chi connectivity index (χ4v) is 2.89. The molecule has 0 atom stereocenters. The van der Waals surface area contributed by atoms with Crippen LogP contribution in [0.2, 0.25) is 0 Å². The van der Waals surface area contributed by atoms with Crippen LogP contribution in [0.15, 0.2) is 18.3 Å². The number of Topliss-reactive ketones (excluding diaryl/α,β-unsaturated/α-hetero) is 3. The normalized spacial score (nSPS) is 15.9. The molecule has 2 heterocycles. The second kappa shape index (κ2) is 6.52. The molecule has 1 fully saturated rings. The van der Waals surface area contributed by atoms with E-state index in [0.717, 1.165) is 6.20 Å². The van der Waals surface area contributed by atoms with Crippen LogP contribution >= 0.6 is 0 Å². The minimum absolute atomic E-state index is 0.0190. The van der Waals surface area contributed by atoms with Gasteiger partial charge in [0.25, 0.3) is 0 Å². The van der Waals surface area contributed by atoms with Crippen molar-refractivity contribution in [2.45, 2.75) is 25.9 Å². The van der Waals surface area contributed by atoms with E-state index in [0.29, 0.717) is 11.8 Å². The van der Waals surface area contributed by atoms with Crippen molar-refractivity contribution in [3.63, 3.8) is 0 Å². The number of nitrogens with zero attached hydrogens (tertiary/aromatic N) is 2. The number of fused-ring (bicyclic) bond motifs is 1. The highest BCUT2D eigenvalue weighted by Crippen LogP contribution is 2.25. The summed E-state index contributed by atoms with van der Waals surface area (Å²) in [6.07, 6.45) is 1.91. The number of pyridine rings is 2. The van der Waals surface area contributed by atoms with Crippen LogP contribution in [-0.2, 0) is 20.9 Å². The summed E-state index contributed by atoms with van der Waals surface area (Å²) in [7, 11) is 1.44. The summed E-state index contributed by atoms with van der Waals surface area (Å²) in [5.74, 6) is -3.22. The molecule has 0 spiro atoms. The molecule has 0 aliphatic heterocycles. The molecule has 0 N–H and O–H groups in total. The first kappa shape index (κ1) is 16.3. The zero-order valence-corrected chi connectivity index (χ0v) is 13.0. The summed E-state index contributed by atoms with van der Waals surface area (Å²) in [5, 5.41) is 0.328. The van der Waals surface area contributed by atoms with E-state index in [9.17, 15) is 18.8 Å². The Morgan fingerprint density at radius 3 is 2.67 bits per heavy atom. The van der Waals surface area contributed by atoms with E-state index in [1.165, 1.54) is 19.2 Å². The lowest BCUT2D eigenvalue weighted by Gasteiger charge is -2.19. The highest BCUT2D eigenvalue weighted by Gasteiger charge is 2.37. The molecule has 0 radical (unpaired) electrons. The number of carbonyl (C=O) groups excluding carboxylic acids is 3. The van der Waals surface area contributed by atoms with Crippen LogP contribution < -0.4 is 0 Å². The SMILES string of the molecule is COCc1nc2ncc(F)cc2cc1C(=O)C1C(=O)CCCC1=O. The van der Waals surface area contributed by atoms with E-state index in [1.54, 1.807) is 0 Å². The topological polar surface area (TPSA) is 86.2 Å². The second-order valence-corrected chi connectivity index (χ2v) is 5.70. The third kappa shape index (κ3) is 2.94. The number of ketones is 3. The standard InChI is InChI=1S/C17H15FN2O4/c1-24-8-12-11(6-9-5-10(18)7-19-17(9)20-12)16(23)15-13(21)3-2-4-14(15)22/h5-7,15H,2-4,8H2,1H3. The van der Waals surface area contributed by atoms with Crippen LogP contribution in [0, 0.1) is 11.7 Å². The molecule has 0 bridgehead atoms. The van der Waals surface area contributed by atoms with Gasteiger partial charge in [-0.3, -0.25) is 14.4 Å². The first-order chi connectivity index (χ1) is 11.5. The zero-order chi connectivity index (χ0) is 17.3. The Morgan fingerprint density at radius 1 is 1.29 bits per heavy atom. The van der Waals surface area contributed by atoms with Crippen LogP contribution in [0.25, 0.3) is 11.0 Å². The van der Waals surface area contributed by atoms with Gasteiger partial charge in [-0.15, -0.1) is 0 Å². The Bertz CT molecular complexity index is 834. The molecular formula is C17H15FN2O4. The summed E-state index contributed by atoms with van der Waals surface area (Å²) in [5.41, 5.74) is 0.645. The van der Waals surface area contributed by atoms with Gasteiger partial charge >= 0.3 is 0 Å². The van der Waals surface area contributed by atoms with E-state index in [1.807, 2.05) is 0 Å². The lowest BCUT2D eigenvalue weighted by atomic mass is 9.81. The van der Waals surface area contributed by atoms with E-state index in [-0.39, 0.29) is 47.9 Å². The fourth-order valence-electron chi connectivity index (χ4n) is 2.89. The summed E-state index contributed by atoms with van der Waals surface area (Å²) < 4.78 is 18.4. The van der Waals surface area contributed by atoms with Crippen molar-refractivity contribution < 1.29 is 23.5 Å². The number of hydrogen-bond acceptors (Lipinski definition) is 6. The molecular weight excluding hydrogens is 315 g/mol. The van der Waals surface area contributed by atoms with Crippen LogP contribution in [0.3, 0.4) is 0 Å². The summed E-state index contributed by atoms with van der Waals surface area (Å²) in [6, 6.07) is 2.62. The van der Waals surface area contributed by atoms with Crippen LogP contribution in [0.5, 0.6) is 0 Å². The number of methoxy groups -OCH3 is 1. The van der Waals surface area contributed by atoms with E-state index in [2.05, 4.69) is 9.97 Å². The van der Waals surface area contributed by atoms with Crippen molar-refractivity contribution >= 4 is 28.4 Å². The third-order valence-corrected chi connectivity index (χ3v) is 4.01. The molecule has 6 nitrogen and oxygen atoms in total. The molecule has 1 aliphatic rings. The Kier molecular flexibility index (Phi) is 4.44. The van der Waals surface area contributed by atoms with Crippen LogP contribution in [0.1, 0.15) is 35.3 Å². The highest BCUT2D eigenvalue weighted by molar-refractivity contribution is 6.25. The van der Waals surface area contributed by atoms with Crippen LogP contribution in [-0.4, -0.2) is 34.4 Å². The molecule has 0 saturated heterocycles. The Hall–Kier alpha value is -2.54. The molecule has 7 heteroatoms. The first-order valence-corrected chi connectivity index (χ1v) is 7.55. The quantitative estimate of drug-likeness (QED) is 0.630. The Morgan fingerprint density at radius 2 is 2.00 bits per heavy atom. The van der Waals surface area contributed by atoms with Gasteiger partial charge in [-0.2, -0.15) is 0 Å². The summed E-state index contributed by atoms with van der Waals surface area (Å²) in [6.45, 7) is 0.0190. The number of ether oxygens (including phenoxy) is 1. The molecule has 0 amide bonds. The van der Waals surface area contributed by atoms with E-state index >= 15 is 0 Å². The van der Waals surface area contributed by atoms with E-state index < -0.39 is 17.5 Å². The average molecular weight is 330 g/mol. The minimum Gasteiger partial charge on any atom is -0.378 e. The minimum atomic E-state index is -1.30.